The molecule has 0 aliphatic heterocycles. The van der Waals surface area contributed by atoms with Crippen molar-refractivity contribution in [1.29, 1.82) is 0 Å². The zero-order chi connectivity index (χ0) is 11.4. The molecule has 0 heterocycles. The molecule has 0 N–H and O–H groups in total. The van der Waals surface area contributed by atoms with Crippen LogP contribution in [0.15, 0.2) is 30.3 Å². The number of carbonyl (C=O) groups is 1. The van der Waals surface area contributed by atoms with Crippen molar-refractivity contribution >= 4 is 5.91 Å². The first kappa shape index (κ1) is 11.0. The lowest BCUT2D eigenvalue weighted by Crippen LogP contribution is -2.36. The van der Waals surface area contributed by atoms with Crippen LogP contribution in [-0.2, 0) is 4.79 Å². The van der Waals surface area contributed by atoms with Crippen molar-refractivity contribution in [3.63, 3.8) is 0 Å². The molecule has 1 aliphatic carbocycles. The smallest absolute Gasteiger partial charge is 0.260 e. The van der Waals surface area contributed by atoms with Crippen molar-refractivity contribution < 1.29 is 9.53 Å². The van der Waals surface area contributed by atoms with E-state index in [0.717, 1.165) is 25.1 Å². The molecule has 1 fully saturated rings. The molecule has 0 bridgehead atoms. The van der Waals surface area contributed by atoms with E-state index in [1.165, 1.54) is 0 Å². The van der Waals surface area contributed by atoms with Gasteiger partial charge in [-0.3, -0.25) is 4.79 Å². The van der Waals surface area contributed by atoms with Gasteiger partial charge in [-0.25, -0.2) is 0 Å². The van der Waals surface area contributed by atoms with E-state index < -0.39 is 0 Å². The zero-order valence-corrected chi connectivity index (χ0v) is 9.56. The lowest BCUT2D eigenvalue weighted by Gasteiger charge is -2.20. The Labute approximate surface area is 96.0 Å². The number of benzene rings is 1. The average Bonchev–Trinajstić information content (AvgIpc) is 3.13. The first-order chi connectivity index (χ1) is 7.81. The highest BCUT2D eigenvalue weighted by molar-refractivity contribution is 5.78. The van der Waals surface area contributed by atoms with E-state index in [0.29, 0.717) is 6.04 Å². The van der Waals surface area contributed by atoms with E-state index in [1.54, 1.807) is 0 Å². The standard InChI is InChI=1S/C13H17NO2/c1-2-14(11-8-9-11)13(15)10-16-12-6-4-3-5-7-12/h3-7,11H,2,8-10H2,1H3. The van der Waals surface area contributed by atoms with Crippen LogP contribution in [0.5, 0.6) is 5.75 Å². The van der Waals surface area contributed by atoms with Gasteiger partial charge in [0, 0.05) is 12.6 Å². The molecule has 1 aromatic rings. The van der Waals surface area contributed by atoms with E-state index in [4.69, 9.17) is 4.74 Å². The van der Waals surface area contributed by atoms with E-state index >= 15 is 0 Å². The molecule has 0 saturated heterocycles. The lowest BCUT2D eigenvalue weighted by molar-refractivity contribution is -0.133. The Hall–Kier alpha value is -1.51. The number of hydrogen-bond acceptors (Lipinski definition) is 2. The van der Waals surface area contributed by atoms with Gasteiger partial charge in [0.2, 0.25) is 0 Å². The molecule has 0 radical (unpaired) electrons. The average molecular weight is 219 g/mol. The first-order valence-corrected chi connectivity index (χ1v) is 5.78. The Bertz CT molecular complexity index is 346. The maximum atomic E-state index is 11.8. The summed E-state index contributed by atoms with van der Waals surface area (Å²) in [6.45, 7) is 2.94. The Morgan fingerprint density at radius 1 is 1.38 bits per heavy atom. The largest absolute Gasteiger partial charge is 0.484 e. The molecule has 3 nitrogen and oxygen atoms in total. The van der Waals surface area contributed by atoms with Crippen molar-refractivity contribution in [1.82, 2.24) is 4.90 Å². The monoisotopic (exact) mass is 219 g/mol. The second-order valence-electron chi connectivity index (χ2n) is 4.01. The van der Waals surface area contributed by atoms with Gasteiger partial charge < -0.3 is 9.64 Å². The first-order valence-electron chi connectivity index (χ1n) is 5.78. The van der Waals surface area contributed by atoms with Crippen LogP contribution in [0.2, 0.25) is 0 Å². The van der Waals surface area contributed by atoms with Crippen LogP contribution >= 0.6 is 0 Å². The fraction of sp³-hybridized carbons (Fsp3) is 0.462. The highest BCUT2D eigenvalue weighted by Crippen LogP contribution is 2.26. The third kappa shape index (κ3) is 2.75. The third-order valence-corrected chi connectivity index (χ3v) is 2.75. The quantitative estimate of drug-likeness (QED) is 0.758. The molecule has 3 heteroatoms. The highest BCUT2D eigenvalue weighted by atomic mass is 16.5. The molecule has 0 atom stereocenters. The van der Waals surface area contributed by atoms with Gasteiger partial charge in [-0.05, 0) is 31.9 Å². The number of ether oxygens (including phenoxy) is 1. The van der Waals surface area contributed by atoms with Crippen molar-refractivity contribution in [3.8, 4) is 5.75 Å². The zero-order valence-electron chi connectivity index (χ0n) is 9.56. The van der Waals surface area contributed by atoms with Crippen LogP contribution in [0.25, 0.3) is 0 Å². The Morgan fingerprint density at radius 3 is 2.62 bits per heavy atom. The number of carbonyl (C=O) groups excluding carboxylic acids is 1. The predicted molar refractivity (Wildman–Crippen MR) is 62.3 cm³/mol. The number of nitrogens with zero attached hydrogens (tertiary/aromatic N) is 1. The van der Waals surface area contributed by atoms with Gasteiger partial charge in [0.25, 0.3) is 5.91 Å². The van der Waals surface area contributed by atoms with Crippen molar-refractivity contribution in [2.24, 2.45) is 0 Å². The molecule has 1 aromatic carbocycles. The van der Waals surface area contributed by atoms with Crippen molar-refractivity contribution in [2.75, 3.05) is 13.2 Å². The van der Waals surface area contributed by atoms with Gasteiger partial charge >= 0.3 is 0 Å². The van der Waals surface area contributed by atoms with Gasteiger partial charge in [-0.2, -0.15) is 0 Å². The summed E-state index contributed by atoms with van der Waals surface area (Å²) in [5, 5.41) is 0. The minimum atomic E-state index is 0.0915. The highest BCUT2D eigenvalue weighted by Gasteiger charge is 2.31. The lowest BCUT2D eigenvalue weighted by atomic mass is 10.3. The van der Waals surface area contributed by atoms with E-state index in [9.17, 15) is 4.79 Å². The number of para-hydroxylation sites is 1. The Kier molecular flexibility index (Phi) is 3.44. The van der Waals surface area contributed by atoms with E-state index in [-0.39, 0.29) is 12.5 Å². The fourth-order valence-corrected chi connectivity index (χ4v) is 1.77. The SMILES string of the molecule is CCN(C(=O)COc1ccccc1)C1CC1. The van der Waals surface area contributed by atoms with Crippen LogP contribution in [0, 0.1) is 0 Å². The van der Waals surface area contributed by atoms with Crippen LogP contribution in [0.1, 0.15) is 19.8 Å². The number of likely N-dealkylation sites (N-methyl/N-ethyl adjacent to an activating group) is 1. The van der Waals surface area contributed by atoms with E-state index in [1.807, 2.05) is 42.2 Å². The number of amides is 1. The van der Waals surface area contributed by atoms with Gasteiger partial charge in [-0.15, -0.1) is 0 Å². The van der Waals surface area contributed by atoms with Crippen molar-refractivity contribution in [2.45, 2.75) is 25.8 Å². The number of rotatable bonds is 5. The summed E-state index contributed by atoms with van der Waals surface area (Å²) in [7, 11) is 0. The van der Waals surface area contributed by atoms with E-state index in [2.05, 4.69) is 0 Å². The molecule has 1 saturated carbocycles. The maximum absolute atomic E-state index is 11.8. The predicted octanol–water partition coefficient (Wildman–Crippen LogP) is 2.08. The Morgan fingerprint density at radius 2 is 2.06 bits per heavy atom. The molecule has 16 heavy (non-hydrogen) atoms. The van der Waals surface area contributed by atoms with Gasteiger partial charge in [0.05, 0.1) is 0 Å². The summed E-state index contributed by atoms with van der Waals surface area (Å²) in [4.78, 5) is 13.7. The summed E-state index contributed by atoms with van der Waals surface area (Å²) in [6, 6.07) is 9.92. The second kappa shape index (κ2) is 5.01. The molecule has 0 aromatic heterocycles. The normalized spacial score (nSPS) is 14.6. The molecule has 2 rings (SSSR count). The van der Waals surface area contributed by atoms with Crippen LogP contribution in [0.3, 0.4) is 0 Å². The topological polar surface area (TPSA) is 29.5 Å². The van der Waals surface area contributed by atoms with Crippen LogP contribution < -0.4 is 4.74 Å². The van der Waals surface area contributed by atoms with Crippen molar-refractivity contribution in [3.05, 3.63) is 30.3 Å². The molecule has 0 unspecified atom stereocenters. The molecular formula is C13H17NO2. The maximum Gasteiger partial charge on any atom is 0.260 e. The van der Waals surface area contributed by atoms with Crippen LogP contribution in [-0.4, -0.2) is 30.0 Å². The summed E-state index contributed by atoms with van der Waals surface area (Å²) in [6.07, 6.45) is 2.29. The second-order valence-corrected chi connectivity index (χ2v) is 4.01. The van der Waals surface area contributed by atoms with Gasteiger partial charge in [-0.1, -0.05) is 18.2 Å². The fourth-order valence-electron chi connectivity index (χ4n) is 1.77. The molecule has 0 spiro atoms. The van der Waals surface area contributed by atoms with Gasteiger partial charge in [0.15, 0.2) is 6.61 Å². The number of hydrogen-bond donors (Lipinski definition) is 0. The van der Waals surface area contributed by atoms with Gasteiger partial charge in [0.1, 0.15) is 5.75 Å². The minimum Gasteiger partial charge on any atom is -0.484 e. The van der Waals surface area contributed by atoms with Crippen LogP contribution in [0.4, 0.5) is 0 Å². The summed E-state index contributed by atoms with van der Waals surface area (Å²) in [5.74, 6) is 0.844. The minimum absolute atomic E-state index is 0.0915. The summed E-state index contributed by atoms with van der Waals surface area (Å²) in [5.41, 5.74) is 0. The summed E-state index contributed by atoms with van der Waals surface area (Å²) < 4.78 is 5.44. The summed E-state index contributed by atoms with van der Waals surface area (Å²) >= 11 is 0. The molecule has 86 valence electrons. The Balaban J connectivity index is 1.83. The molecular weight excluding hydrogens is 202 g/mol. The third-order valence-electron chi connectivity index (χ3n) is 2.75. The molecule has 1 amide bonds. The molecule has 1 aliphatic rings.